The van der Waals surface area contributed by atoms with Gasteiger partial charge in [-0.15, -0.1) is 0 Å². The highest BCUT2D eigenvalue weighted by molar-refractivity contribution is 9.10. The molecule has 0 heterocycles. The Morgan fingerprint density at radius 2 is 2.31 bits per heavy atom. The van der Waals surface area contributed by atoms with Crippen molar-refractivity contribution < 1.29 is 14.3 Å². The third-order valence-electron chi connectivity index (χ3n) is 1.95. The summed E-state index contributed by atoms with van der Waals surface area (Å²) in [6, 6.07) is 3.92. The van der Waals surface area contributed by atoms with Gasteiger partial charge in [0, 0.05) is 19.3 Å². The van der Waals surface area contributed by atoms with Crippen molar-refractivity contribution in [1.29, 1.82) is 0 Å². The maximum Gasteiger partial charge on any atom is 0.321 e. The molecule has 0 aromatic heterocycles. The van der Waals surface area contributed by atoms with Gasteiger partial charge >= 0.3 is 6.03 Å². The molecule has 4 nitrogen and oxygen atoms in total. The van der Waals surface area contributed by atoms with Crippen LogP contribution in [-0.4, -0.2) is 36.2 Å². The van der Waals surface area contributed by atoms with Crippen LogP contribution in [0.2, 0.25) is 0 Å². The Labute approximate surface area is 101 Å². The number of likely N-dealkylation sites (N-methyl/N-ethyl adjacent to an activating group) is 1. The van der Waals surface area contributed by atoms with Crippen molar-refractivity contribution in [1.82, 2.24) is 4.90 Å². The van der Waals surface area contributed by atoms with Crippen molar-refractivity contribution in [3.63, 3.8) is 0 Å². The lowest BCUT2D eigenvalue weighted by atomic mass is 10.3. The first kappa shape index (κ1) is 12.9. The quantitative estimate of drug-likeness (QED) is 0.895. The lowest BCUT2D eigenvalue weighted by Crippen LogP contribution is -2.33. The molecule has 0 aliphatic carbocycles. The second kappa shape index (κ2) is 5.81. The third kappa shape index (κ3) is 3.46. The van der Waals surface area contributed by atoms with Crippen molar-refractivity contribution in [2.45, 2.75) is 0 Å². The smallest absolute Gasteiger partial charge is 0.321 e. The average molecular weight is 291 g/mol. The molecule has 0 saturated carbocycles. The van der Waals surface area contributed by atoms with Crippen LogP contribution in [0.25, 0.3) is 0 Å². The van der Waals surface area contributed by atoms with Crippen molar-refractivity contribution in [2.24, 2.45) is 0 Å². The number of nitrogens with zero attached hydrogens (tertiary/aromatic N) is 1. The van der Waals surface area contributed by atoms with E-state index in [4.69, 9.17) is 5.11 Å². The van der Waals surface area contributed by atoms with Crippen LogP contribution in [-0.2, 0) is 0 Å². The summed E-state index contributed by atoms with van der Waals surface area (Å²) in [4.78, 5) is 12.8. The van der Waals surface area contributed by atoms with Gasteiger partial charge in [0.1, 0.15) is 5.82 Å². The SMILES string of the molecule is CN(CCO)C(=O)Nc1ccc(Br)c(F)c1. The van der Waals surface area contributed by atoms with Gasteiger partial charge in [-0.05, 0) is 34.1 Å². The van der Waals surface area contributed by atoms with Gasteiger partial charge in [-0.2, -0.15) is 0 Å². The minimum atomic E-state index is -0.442. The summed E-state index contributed by atoms with van der Waals surface area (Å²) in [6.45, 7) is 0.115. The van der Waals surface area contributed by atoms with E-state index in [9.17, 15) is 9.18 Å². The molecule has 0 atom stereocenters. The maximum absolute atomic E-state index is 13.1. The molecule has 0 aliphatic rings. The van der Waals surface area contributed by atoms with Gasteiger partial charge in [0.15, 0.2) is 0 Å². The molecule has 16 heavy (non-hydrogen) atoms. The molecule has 0 bridgehead atoms. The van der Waals surface area contributed by atoms with E-state index in [0.717, 1.165) is 0 Å². The Bertz CT molecular complexity index is 387. The van der Waals surface area contributed by atoms with E-state index < -0.39 is 11.8 Å². The number of urea groups is 1. The Kier molecular flexibility index (Phi) is 4.70. The third-order valence-corrected chi connectivity index (χ3v) is 2.60. The predicted molar refractivity (Wildman–Crippen MR) is 62.8 cm³/mol. The van der Waals surface area contributed by atoms with E-state index in [0.29, 0.717) is 10.2 Å². The first-order valence-electron chi connectivity index (χ1n) is 4.62. The van der Waals surface area contributed by atoms with E-state index >= 15 is 0 Å². The highest BCUT2D eigenvalue weighted by Gasteiger charge is 2.08. The number of carbonyl (C=O) groups excluding carboxylic acids is 1. The zero-order chi connectivity index (χ0) is 12.1. The Balaban J connectivity index is 2.66. The number of carbonyl (C=O) groups is 1. The average Bonchev–Trinajstić information content (AvgIpc) is 2.24. The number of halogens is 2. The molecule has 0 radical (unpaired) electrons. The molecule has 0 spiro atoms. The van der Waals surface area contributed by atoms with Gasteiger partial charge in [-0.1, -0.05) is 0 Å². The number of rotatable bonds is 3. The van der Waals surface area contributed by atoms with Gasteiger partial charge in [-0.3, -0.25) is 0 Å². The molecule has 88 valence electrons. The molecule has 1 aromatic rings. The molecule has 1 rings (SSSR count). The zero-order valence-electron chi connectivity index (χ0n) is 8.70. The van der Waals surface area contributed by atoms with E-state index in [-0.39, 0.29) is 13.2 Å². The summed E-state index contributed by atoms with van der Waals surface area (Å²) < 4.78 is 13.5. The lowest BCUT2D eigenvalue weighted by molar-refractivity contribution is 0.202. The molecule has 0 unspecified atom stereocenters. The fraction of sp³-hybridized carbons (Fsp3) is 0.300. The molecule has 0 aliphatic heterocycles. The van der Waals surface area contributed by atoms with E-state index in [1.807, 2.05) is 0 Å². The second-order valence-electron chi connectivity index (χ2n) is 3.20. The summed E-state index contributed by atoms with van der Waals surface area (Å²) in [6.07, 6.45) is 0. The first-order chi connectivity index (χ1) is 7.54. The second-order valence-corrected chi connectivity index (χ2v) is 4.06. The van der Waals surface area contributed by atoms with Gasteiger partial charge in [0.25, 0.3) is 0 Å². The van der Waals surface area contributed by atoms with Crippen LogP contribution < -0.4 is 5.32 Å². The normalized spacial score (nSPS) is 10.0. The standard InChI is InChI=1S/C10H12BrFN2O2/c1-14(4-5-15)10(16)13-7-2-3-8(11)9(12)6-7/h2-3,6,15H,4-5H2,1H3,(H,13,16). The molecule has 2 N–H and O–H groups in total. The first-order valence-corrected chi connectivity index (χ1v) is 5.42. The summed E-state index contributed by atoms with van der Waals surface area (Å²) >= 11 is 3.02. The number of aliphatic hydroxyl groups excluding tert-OH is 1. The number of nitrogens with one attached hydrogen (secondary N) is 1. The number of hydrogen-bond acceptors (Lipinski definition) is 2. The van der Waals surface area contributed by atoms with Crippen molar-refractivity contribution in [3.05, 3.63) is 28.5 Å². The molecule has 0 saturated heterocycles. The van der Waals surface area contributed by atoms with Gasteiger partial charge < -0.3 is 15.3 Å². The van der Waals surface area contributed by atoms with Crippen molar-refractivity contribution in [3.8, 4) is 0 Å². The van der Waals surface area contributed by atoms with E-state index in [2.05, 4.69) is 21.2 Å². The Morgan fingerprint density at radius 1 is 1.62 bits per heavy atom. The van der Waals surface area contributed by atoms with E-state index in [1.54, 1.807) is 13.1 Å². The lowest BCUT2D eigenvalue weighted by Gasteiger charge is -2.16. The monoisotopic (exact) mass is 290 g/mol. The largest absolute Gasteiger partial charge is 0.395 e. The highest BCUT2D eigenvalue weighted by Crippen LogP contribution is 2.19. The minimum Gasteiger partial charge on any atom is -0.395 e. The fourth-order valence-corrected chi connectivity index (χ4v) is 1.29. The number of benzene rings is 1. The summed E-state index contributed by atoms with van der Waals surface area (Å²) in [5.74, 6) is -0.442. The van der Waals surface area contributed by atoms with Gasteiger partial charge in [-0.25, -0.2) is 9.18 Å². The topological polar surface area (TPSA) is 52.6 Å². The Hall–Kier alpha value is -1.14. The molecule has 1 aromatic carbocycles. The fourth-order valence-electron chi connectivity index (χ4n) is 1.04. The Morgan fingerprint density at radius 3 is 2.88 bits per heavy atom. The van der Waals surface area contributed by atoms with Crippen LogP contribution >= 0.6 is 15.9 Å². The number of amides is 2. The van der Waals surface area contributed by atoms with Crippen LogP contribution in [0.1, 0.15) is 0 Å². The number of anilines is 1. The van der Waals surface area contributed by atoms with Crippen LogP contribution in [0.15, 0.2) is 22.7 Å². The molecule has 6 heteroatoms. The summed E-state index contributed by atoms with van der Waals surface area (Å²) in [5, 5.41) is 11.2. The molecular formula is C10H12BrFN2O2. The van der Waals surface area contributed by atoms with E-state index in [1.165, 1.54) is 17.0 Å². The molecular weight excluding hydrogens is 279 g/mol. The number of hydrogen-bond donors (Lipinski definition) is 2. The summed E-state index contributed by atoms with van der Waals surface area (Å²) in [5.41, 5.74) is 0.371. The molecule has 2 amide bonds. The van der Waals surface area contributed by atoms with Crippen LogP contribution in [0.3, 0.4) is 0 Å². The minimum absolute atomic E-state index is 0.112. The van der Waals surface area contributed by atoms with Crippen LogP contribution in [0, 0.1) is 5.82 Å². The maximum atomic E-state index is 13.1. The van der Waals surface area contributed by atoms with Gasteiger partial charge in [0.2, 0.25) is 0 Å². The van der Waals surface area contributed by atoms with Crippen molar-refractivity contribution >= 4 is 27.6 Å². The highest BCUT2D eigenvalue weighted by atomic mass is 79.9. The predicted octanol–water partition coefficient (Wildman–Crippen LogP) is 2.04. The molecule has 0 fully saturated rings. The van der Waals surface area contributed by atoms with Crippen molar-refractivity contribution in [2.75, 3.05) is 25.5 Å². The number of aliphatic hydroxyl groups is 1. The van der Waals surface area contributed by atoms with Crippen LogP contribution in [0.4, 0.5) is 14.9 Å². The summed E-state index contributed by atoms with van der Waals surface area (Å²) in [7, 11) is 1.54. The zero-order valence-corrected chi connectivity index (χ0v) is 10.3. The van der Waals surface area contributed by atoms with Crippen LogP contribution in [0.5, 0.6) is 0 Å². The van der Waals surface area contributed by atoms with Gasteiger partial charge in [0.05, 0.1) is 11.1 Å².